The van der Waals surface area contributed by atoms with Crippen LogP contribution in [0.25, 0.3) is 0 Å². The van der Waals surface area contributed by atoms with Crippen molar-refractivity contribution in [3.63, 3.8) is 0 Å². The van der Waals surface area contributed by atoms with E-state index in [2.05, 4.69) is 10.3 Å². The number of rotatable bonds is 4. The van der Waals surface area contributed by atoms with E-state index in [-0.39, 0.29) is 12.0 Å². The molecule has 0 bridgehead atoms. The molecule has 1 aromatic heterocycles. The Morgan fingerprint density at radius 2 is 2.44 bits per heavy atom. The van der Waals surface area contributed by atoms with Gasteiger partial charge in [-0.15, -0.1) is 0 Å². The second kappa shape index (κ2) is 6.47. The average molecular weight is 250 g/mol. The molecule has 5 nitrogen and oxygen atoms in total. The number of hydrogen-bond acceptors (Lipinski definition) is 4. The third-order valence-electron chi connectivity index (χ3n) is 2.86. The standard InChI is InChI=1S/C13H18N2O3/c1-10-3-2-4-14-12(10)7-13(16)15-8-11-9-17-5-6-18-11/h2-4,11H,5-9H2,1H3,(H,15,16). The average Bonchev–Trinajstić information content (AvgIpc) is 2.40. The van der Waals surface area contributed by atoms with Crippen molar-refractivity contribution in [2.45, 2.75) is 19.4 Å². The van der Waals surface area contributed by atoms with E-state index in [4.69, 9.17) is 9.47 Å². The molecule has 1 aliphatic heterocycles. The molecule has 1 saturated heterocycles. The van der Waals surface area contributed by atoms with E-state index in [1.807, 2.05) is 19.1 Å². The van der Waals surface area contributed by atoms with E-state index >= 15 is 0 Å². The molecule has 1 amide bonds. The van der Waals surface area contributed by atoms with Gasteiger partial charge in [-0.1, -0.05) is 6.07 Å². The molecule has 1 fully saturated rings. The van der Waals surface area contributed by atoms with Crippen molar-refractivity contribution in [1.29, 1.82) is 0 Å². The Morgan fingerprint density at radius 1 is 1.56 bits per heavy atom. The van der Waals surface area contributed by atoms with Crippen molar-refractivity contribution < 1.29 is 14.3 Å². The molecule has 18 heavy (non-hydrogen) atoms. The van der Waals surface area contributed by atoms with Crippen LogP contribution in [0.5, 0.6) is 0 Å². The first-order chi connectivity index (χ1) is 8.75. The van der Waals surface area contributed by atoms with Gasteiger partial charge in [0.2, 0.25) is 5.91 Å². The lowest BCUT2D eigenvalue weighted by atomic mass is 10.1. The number of hydrogen-bond donors (Lipinski definition) is 1. The summed E-state index contributed by atoms with van der Waals surface area (Å²) in [4.78, 5) is 16.0. The largest absolute Gasteiger partial charge is 0.376 e. The van der Waals surface area contributed by atoms with E-state index < -0.39 is 0 Å². The zero-order valence-electron chi connectivity index (χ0n) is 10.5. The summed E-state index contributed by atoms with van der Waals surface area (Å²) in [5.41, 5.74) is 1.85. The number of nitrogens with zero attached hydrogens (tertiary/aromatic N) is 1. The predicted molar refractivity (Wildman–Crippen MR) is 66.2 cm³/mol. The first-order valence-electron chi connectivity index (χ1n) is 6.12. The summed E-state index contributed by atoms with van der Waals surface area (Å²) in [6.45, 7) is 4.22. The van der Waals surface area contributed by atoms with Gasteiger partial charge in [0.1, 0.15) is 0 Å². The summed E-state index contributed by atoms with van der Waals surface area (Å²) in [6, 6.07) is 3.82. The Labute approximate surface area is 107 Å². The van der Waals surface area contributed by atoms with E-state index in [0.29, 0.717) is 32.8 Å². The Hall–Kier alpha value is -1.46. The van der Waals surface area contributed by atoms with E-state index in [1.165, 1.54) is 0 Å². The molecule has 98 valence electrons. The van der Waals surface area contributed by atoms with Crippen LogP contribution in [0.15, 0.2) is 18.3 Å². The van der Waals surface area contributed by atoms with Crippen LogP contribution in [-0.2, 0) is 20.7 Å². The number of ether oxygens (including phenoxy) is 2. The minimum Gasteiger partial charge on any atom is -0.376 e. The third kappa shape index (κ3) is 3.78. The Bertz CT molecular complexity index is 403. The van der Waals surface area contributed by atoms with Crippen LogP contribution < -0.4 is 5.32 Å². The van der Waals surface area contributed by atoms with Gasteiger partial charge in [-0.2, -0.15) is 0 Å². The topological polar surface area (TPSA) is 60.5 Å². The van der Waals surface area contributed by atoms with Gasteiger partial charge < -0.3 is 14.8 Å². The molecule has 0 aliphatic carbocycles. The number of carbonyl (C=O) groups is 1. The molecule has 5 heteroatoms. The summed E-state index contributed by atoms with van der Waals surface area (Å²) in [5, 5.41) is 2.84. The minimum absolute atomic E-state index is 0.0347. The van der Waals surface area contributed by atoms with Crippen molar-refractivity contribution in [2.24, 2.45) is 0 Å². The quantitative estimate of drug-likeness (QED) is 0.843. The van der Waals surface area contributed by atoms with Gasteiger partial charge in [-0.05, 0) is 18.6 Å². The van der Waals surface area contributed by atoms with Crippen molar-refractivity contribution >= 4 is 5.91 Å². The fourth-order valence-electron chi connectivity index (χ4n) is 1.80. The summed E-state index contributed by atoms with van der Waals surface area (Å²) in [5.74, 6) is -0.0361. The maximum atomic E-state index is 11.8. The van der Waals surface area contributed by atoms with Crippen molar-refractivity contribution in [1.82, 2.24) is 10.3 Å². The highest BCUT2D eigenvalue weighted by Gasteiger charge is 2.15. The molecule has 1 atom stereocenters. The smallest absolute Gasteiger partial charge is 0.226 e. The fourth-order valence-corrected chi connectivity index (χ4v) is 1.80. The number of aryl methyl sites for hydroxylation is 1. The molecule has 0 aromatic carbocycles. The highest BCUT2D eigenvalue weighted by atomic mass is 16.6. The second-order valence-corrected chi connectivity index (χ2v) is 4.32. The molecule has 1 aliphatic rings. The molecule has 0 spiro atoms. The maximum Gasteiger partial charge on any atom is 0.226 e. The van der Waals surface area contributed by atoms with Gasteiger partial charge in [-0.3, -0.25) is 9.78 Å². The highest BCUT2D eigenvalue weighted by Crippen LogP contribution is 2.04. The van der Waals surface area contributed by atoms with Crippen LogP contribution in [0.4, 0.5) is 0 Å². The summed E-state index contributed by atoms with van der Waals surface area (Å²) >= 11 is 0. The van der Waals surface area contributed by atoms with Crippen molar-refractivity contribution in [3.05, 3.63) is 29.6 Å². The Morgan fingerprint density at radius 3 is 3.17 bits per heavy atom. The molecule has 0 radical (unpaired) electrons. The molecule has 2 rings (SSSR count). The lowest BCUT2D eigenvalue weighted by Crippen LogP contribution is -2.40. The second-order valence-electron chi connectivity index (χ2n) is 4.32. The highest BCUT2D eigenvalue weighted by molar-refractivity contribution is 5.78. The van der Waals surface area contributed by atoms with Crippen LogP contribution in [0.2, 0.25) is 0 Å². The van der Waals surface area contributed by atoms with E-state index in [9.17, 15) is 4.79 Å². The van der Waals surface area contributed by atoms with Crippen LogP contribution in [0.3, 0.4) is 0 Å². The maximum absolute atomic E-state index is 11.8. The lowest BCUT2D eigenvalue weighted by Gasteiger charge is -2.23. The molecular formula is C13H18N2O3. The van der Waals surface area contributed by atoms with E-state index in [1.54, 1.807) is 6.20 Å². The van der Waals surface area contributed by atoms with Crippen LogP contribution in [-0.4, -0.2) is 43.4 Å². The number of amides is 1. The molecular weight excluding hydrogens is 232 g/mol. The molecule has 1 aromatic rings. The minimum atomic E-state index is -0.0361. The number of pyridine rings is 1. The molecule has 1 unspecified atom stereocenters. The zero-order valence-corrected chi connectivity index (χ0v) is 10.5. The zero-order chi connectivity index (χ0) is 12.8. The Kier molecular flexibility index (Phi) is 4.66. The summed E-state index contributed by atoms with van der Waals surface area (Å²) < 4.78 is 10.7. The van der Waals surface area contributed by atoms with Crippen molar-refractivity contribution in [3.8, 4) is 0 Å². The number of aromatic nitrogens is 1. The fraction of sp³-hybridized carbons (Fsp3) is 0.538. The molecule has 0 saturated carbocycles. The molecule has 1 N–H and O–H groups in total. The monoisotopic (exact) mass is 250 g/mol. The van der Waals surface area contributed by atoms with Gasteiger partial charge in [0.15, 0.2) is 0 Å². The van der Waals surface area contributed by atoms with E-state index in [0.717, 1.165) is 11.3 Å². The summed E-state index contributed by atoms with van der Waals surface area (Å²) in [6.07, 6.45) is 1.97. The normalized spacial score (nSPS) is 19.5. The first kappa shape index (κ1) is 13.0. The summed E-state index contributed by atoms with van der Waals surface area (Å²) in [7, 11) is 0. The van der Waals surface area contributed by atoms with Gasteiger partial charge in [0, 0.05) is 12.7 Å². The number of nitrogens with one attached hydrogen (secondary N) is 1. The van der Waals surface area contributed by atoms with Gasteiger partial charge in [0.05, 0.1) is 38.0 Å². The molecule has 2 heterocycles. The van der Waals surface area contributed by atoms with Gasteiger partial charge >= 0.3 is 0 Å². The van der Waals surface area contributed by atoms with Gasteiger partial charge in [-0.25, -0.2) is 0 Å². The van der Waals surface area contributed by atoms with Crippen molar-refractivity contribution in [2.75, 3.05) is 26.4 Å². The van der Waals surface area contributed by atoms with Crippen LogP contribution >= 0.6 is 0 Å². The number of carbonyl (C=O) groups excluding carboxylic acids is 1. The SMILES string of the molecule is Cc1cccnc1CC(=O)NCC1COCCO1. The van der Waals surface area contributed by atoms with Crippen LogP contribution in [0.1, 0.15) is 11.3 Å². The first-order valence-corrected chi connectivity index (χ1v) is 6.12. The van der Waals surface area contributed by atoms with Gasteiger partial charge in [0.25, 0.3) is 0 Å². The van der Waals surface area contributed by atoms with Crippen LogP contribution in [0, 0.1) is 6.92 Å². The predicted octanol–water partition coefficient (Wildman–Crippen LogP) is 0.464. The third-order valence-corrected chi connectivity index (χ3v) is 2.86. The Balaban J connectivity index is 1.76. The lowest BCUT2D eigenvalue weighted by molar-refractivity contribution is -0.123.